The maximum atomic E-state index is 10.2. The predicted octanol–water partition coefficient (Wildman–Crippen LogP) is 5.72. The molecule has 25 heavy (non-hydrogen) atoms. The lowest BCUT2D eigenvalue weighted by Crippen LogP contribution is -2.30. The summed E-state index contributed by atoms with van der Waals surface area (Å²) in [7, 11) is 2.12. The average molecular weight is 357 g/mol. The molecule has 0 bridgehead atoms. The van der Waals surface area contributed by atoms with E-state index in [4.69, 9.17) is 0 Å². The summed E-state index contributed by atoms with van der Waals surface area (Å²) in [6.07, 6.45) is 3.81. The van der Waals surface area contributed by atoms with Gasteiger partial charge in [0.15, 0.2) is 0 Å². The first kappa shape index (κ1) is 21.2. The molecular weight excluding hydrogens is 328 g/mol. The molecule has 0 saturated carbocycles. The zero-order valence-corrected chi connectivity index (χ0v) is 16.6. The van der Waals surface area contributed by atoms with E-state index in [1.807, 2.05) is 0 Å². The fraction of sp³-hybridized carbons (Fsp3) is 0.409. The standard InChI is InChI=1S/C22H28N2.ClH/c1-5-24(4)16-15-22(17-23,14-13-18(2)3)21-12-8-10-19-9-6-7-11-20(19)21;/h6-13H,5,14-16H2,1-4H3;1H. The lowest BCUT2D eigenvalue weighted by molar-refractivity contribution is 0.315. The molecule has 1 unspecified atom stereocenters. The van der Waals surface area contributed by atoms with E-state index in [0.717, 1.165) is 31.5 Å². The number of hydrogen-bond donors (Lipinski definition) is 0. The number of fused-ring (bicyclic) bond motifs is 1. The summed E-state index contributed by atoms with van der Waals surface area (Å²) in [4.78, 5) is 2.28. The number of nitriles is 1. The quantitative estimate of drug-likeness (QED) is 0.593. The van der Waals surface area contributed by atoms with E-state index in [2.05, 4.69) is 87.3 Å². The van der Waals surface area contributed by atoms with Crippen LogP contribution >= 0.6 is 12.4 Å². The molecule has 0 heterocycles. The van der Waals surface area contributed by atoms with Crippen molar-refractivity contribution in [2.75, 3.05) is 20.1 Å². The van der Waals surface area contributed by atoms with Gasteiger partial charge < -0.3 is 4.90 Å². The van der Waals surface area contributed by atoms with Gasteiger partial charge in [0.25, 0.3) is 0 Å². The first-order valence-electron chi connectivity index (χ1n) is 8.74. The maximum absolute atomic E-state index is 10.2. The molecule has 0 saturated heterocycles. The highest BCUT2D eigenvalue weighted by Crippen LogP contribution is 2.37. The van der Waals surface area contributed by atoms with Gasteiger partial charge in [-0.05, 0) is 63.2 Å². The van der Waals surface area contributed by atoms with Crippen molar-refractivity contribution < 1.29 is 0 Å². The van der Waals surface area contributed by atoms with Crippen LogP contribution in [0.5, 0.6) is 0 Å². The predicted molar refractivity (Wildman–Crippen MR) is 110 cm³/mol. The minimum Gasteiger partial charge on any atom is -0.307 e. The van der Waals surface area contributed by atoms with Crippen LogP contribution in [0.15, 0.2) is 54.1 Å². The smallest absolute Gasteiger partial charge is 0.0874 e. The second-order valence-electron chi connectivity index (χ2n) is 6.85. The van der Waals surface area contributed by atoms with Crippen molar-refractivity contribution in [2.24, 2.45) is 0 Å². The minimum atomic E-state index is -0.485. The second kappa shape index (κ2) is 9.61. The van der Waals surface area contributed by atoms with Crippen molar-refractivity contribution in [1.82, 2.24) is 4.90 Å². The Labute approximate surface area is 158 Å². The molecule has 0 aliphatic carbocycles. The number of rotatable bonds is 7. The highest BCUT2D eigenvalue weighted by molar-refractivity contribution is 5.87. The highest BCUT2D eigenvalue weighted by Gasteiger charge is 2.32. The van der Waals surface area contributed by atoms with E-state index in [9.17, 15) is 5.26 Å². The second-order valence-corrected chi connectivity index (χ2v) is 6.85. The molecular formula is C22H29ClN2. The van der Waals surface area contributed by atoms with Crippen LogP contribution in [-0.2, 0) is 5.41 Å². The maximum Gasteiger partial charge on any atom is 0.0874 e. The highest BCUT2D eigenvalue weighted by atomic mass is 35.5. The third-order valence-electron chi connectivity index (χ3n) is 4.84. The zero-order chi connectivity index (χ0) is 17.6. The summed E-state index contributed by atoms with van der Waals surface area (Å²) in [6.45, 7) is 8.28. The van der Waals surface area contributed by atoms with Gasteiger partial charge in [0.05, 0.1) is 11.5 Å². The van der Waals surface area contributed by atoms with Crippen LogP contribution in [0.25, 0.3) is 10.8 Å². The van der Waals surface area contributed by atoms with Crippen molar-refractivity contribution in [1.29, 1.82) is 5.26 Å². The van der Waals surface area contributed by atoms with Crippen LogP contribution in [0.1, 0.15) is 39.2 Å². The normalized spacial score (nSPS) is 13.0. The molecule has 3 heteroatoms. The summed E-state index contributed by atoms with van der Waals surface area (Å²) < 4.78 is 0. The van der Waals surface area contributed by atoms with Crippen LogP contribution in [0.4, 0.5) is 0 Å². The number of hydrogen-bond acceptors (Lipinski definition) is 2. The molecule has 0 aliphatic rings. The molecule has 0 amide bonds. The van der Waals surface area contributed by atoms with Gasteiger partial charge >= 0.3 is 0 Å². The number of allylic oxidation sites excluding steroid dienone is 2. The zero-order valence-electron chi connectivity index (χ0n) is 15.7. The van der Waals surface area contributed by atoms with Crippen LogP contribution in [-0.4, -0.2) is 25.0 Å². The van der Waals surface area contributed by atoms with Gasteiger partial charge in [-0.1, -0.05) is 61.0 Å². The molecule has 2 rings (SSSR count). The molecule has 2 aromatic rings. The first-order chi connectivity index (χ1) is 11.5. The molecule has 134 valence electrons. The van der Waals surface area contributed by atoms with Crippen molar-refractivity contribution >= 4 is 23.2 Å². The molecule has 0 radical (unpaired) electrons. The fourth-order valence-corrected chi connectivity index (χ4v) is 3.07. The first-order valence-corrected chi connectivity index (χ1v) is 8.74. The Balaban J connectivity index is 0.00000312. The van der Waals surface area contributed by atoms with E-state index < -0.39 is 5.41 Å². The number of nitrogens with zero attached hydrogens (tertiary/aromatic N) is 2. The fourth-order valence-electron chi connectivity index (χ4n) is 3.07. The summed E-state index contributed by atoms with van der Waals surface area (Å²) in [6, 6.07) is 17.4. The van der Waals surface area contributed by atoms with Crippen molar-refractivity contribution in [3.05, 3.63) is 59.7 Å². The molecule has 0 aromatic heterocycles. The topological polar surface area (TPSA) is 27.0 Å². The average Bonchev–Trinajstić information content (AvgIpc) is 2.61. The Bertz CT molecular complexity index is 751. The van der Waals surface area contributed by atoms with Gasteiger partial charge in [0.2, 0.25) is 0 Å². The van der Waals surface area contributed by atoms with Crippen molar-refractivity contribution in [3.63, 3.8) is 0 Å². The van der Waals surface area contributed by atoms with Crippen LogP contribution in [0.3, 0.4) is 0 Å². The Kier molecular flexibility index (Phi) is 8.16. The van der Waals surface area contributed by atoms with E-state index in [1.54, 1.807) is 0 Å². The summed E-state index contributed by atoms with van der Waals surface area (Å²) in [5.74, 6) is 0. The molecule has 0 fully saturated rings. The van der Waals surface area contributed by atoms with E-state index in [-0.39, 0.29) is 12.4 Å². The van der Waals surface area contributed by atoms with Gasteiger partial charge in [0, 0.05) is 0 Å². The molecule has 2 aromatic carbocycles. The van der Waals surface area contributed by atoms with E-state index >= 15 is 0 Å². The largest absolute Gasteiger partial charge is 0.307 e. The van der Waals surface area contributed by atoms with Crippen molar-refractivity contribution in [2.45, 2.75) is 39.0 Å². The lowest BCUT2D eigenvalue weighted by atomic mass is 9.74. The van der Waals surface area contributed by atoms with Crippen molar-refractivity contribution in [3.8, 4) is 6.07 Å². The van der Waals surface area contributed by atoms with Gasteiger partial charge in [-0.3, -0.25) is 0 Å². The number of benzene rings is 2. The van der Waals surface area contributed by atoms with E-state index in [0.29, 0.717) is 0 Å². The van der Waals surface area contributed by atoms with Gasteiger partial charge in [-0.25, -0.2) is 0 Å². The van der Waals surface area contributed by atoms with Crippen LogP contribution in [0.2, 0.25) is 0 Å². The van der Waals surface area contributed by atoms with Gasteiger partial charge in [-0.15, -0.1) is 12.4 Å². The Morgan fingerprint density at radius 2 is 1.84 bits per heavy atom. The van der Waals surface area contributed by atoms with E-state index in [1.165, 1.54) is 16.3 Å². The lowest BCUT2D eigenvalue weighted by Gasteiger charge is -2.29. The molecule has 2 nitrogen and oxygen atoms in total. The van der Waals surface area contributed by atoms with Crippen LogP contribution < -0.4 is 0 Å². The minimum absolute atomic E-state index is 0. The summed E-state index contributed by atoms with van der Waals surface area (Å²) in [5, 5.41) is 12.6. The molecule has 0 aliphatic heterocycles. The number of halogens is 1. The summed E-state index contributed by atoms with van der Waals surface area (Å²) >= 11 is 0. The Morgan fingerprint density at radius 3 is 2.48 bits per heavy atom. The van der Waals surface area contributed by atoms with Crippen LogP contribution in [0, 0.1) is 11.3 Å². The summed E-state index contributed by atoms with van der Waals surface area (Å²) in [5.41, 5.74) is 1.94. The van der Waals surface area contributed by atoms with Gasteiger partial charge in [0.1, 0.15) is 0 Å². The Morgan fingerprint density at radius 1 is 1.16 bits per heavy atom. The Hall–Kier alpha value is -1.82. The third kappa shape index (κ3) is 5.08. The molecule has 0 spiro atoms. The van der Waals surface area contributed by atoms with Gasteiger partial charge in [-0.2, -0.15) is 5.26 Å². The SMILES string of the molecule is CCN(C)CCC(C#N)(CC=C(C)C)c1cccc2ccccc12.Cl. The molecule has 1 atom stereocenters. The molecule has 0 N–H and O–H groups in total. The monoisotopic (exact) mass is 356 g/mol. The third-order valence-corrected chi connectivity index (χ3v) is 4.84.